The molecule has 0 aliphatic carbocycles. The largest absolute Gasteiger partial charge is 0.355 e. The number of nitrogens with zero attached hydrogens (tertiary/aromatic N) is 3. The molecule has 1 N–H and O–H groups in total. The lowest BCUT2D eigenvalue weighted by Crippen LogP contribution is -2.42. The Hall–Kier alpha value is -1.73. The zero-order valence-electron chi connectivity index (χ0n) is 14.8. The topological polar surface area (TPSA) is 71.3 Å². The number of carbonyl (C=O) groups excluding carboxylic acids is 1. The highest BCUT2D eigenvalue weighted by Crippen LogP contribution is 2.18. The monoisotopic (exact) mass is 350 g/mol. The van der Waals surface area contributed by atoms with E-state index in [4.69, 9.17) is 4.52 Å². The van der Waals surface area contributed by atoms with Crippen LogP contribution >= 0.6 is 11.3 Å². The van der Waals surface area contributed by atoms with Crippen LogP contribution in [0.1, 0.15) is 40.0 Å². The lowest BCUT2D eigenvalue weighted by Gasteiger charge is -2.30. The maximum absolute atomic E-state index is 12.0. The highest BCUT2D eigenvalue weighted by atomic mass is 32.1. The van der Waals surface area contributed by atoms with Crippen LogP contribution in [-0.4, -0.2) is 46.1 Å². The lowest BCUT2D eigenvalue weighted by atomic mass is 10.2. The Kier molecular flexibility index (Phi) is 6.93. The van der Waals surface area contributed by atoms with Crippen LogP contribution in [-0.2, 0) is 11.2 Å². The van der Waals surface area contributed by atoms with E-state index < -0.39 is 0 Å². The van der Waals surface area contributed by atoms with Crippen molar-refractivity contribution < 1.29 is 9.32 Å². The molecule has 0 spiro atoms. The number of amides is 1. The van der Waals surface area contributed by atoms with Gasteiger partial charge in [-0.15, -0.1) is 0 Å². The molecule has 1 amide bonds. The maximum atomic E-state index is 12.0. The third-order valence-corrected chi connectivity index (χ3v) is 4.52. The molecule has 0 aliphatic rings. The van der Waals surface area contributed by atoms with Gasteiger partial charge in [-0.2, -0.15) is 16.3 Å². The van der Waals surface area contributed by atoms with Gasteiger partial charge in [-0.1, -0.05) is 5.16 Å². The molecule has 0 aliphatic heterocycles. The minimum absolute atomic E-state index is 0.0118. The summed E-state index contributed by atoms with van der Waals surface area (Å²) in [7, 11) is 0. The van der Waals surface area contributed by atoms with Gasteiger partial charge in [0.2, 0.25) is 17.6 Å². The number of aromatic nitrogens is 2. The van der Waals surface area contributed by atoms with Crippen molar-refractivity contribution in [2.45, 2.75) is 52.6 Å². The molecule has 0 fully saturated rings. The Morgan fingerprint density at radius 2 is 2.08 bits per heavy atom. The van der Waals surface area contributed by atoms with Gasteiger partial charge >= 0.3 is 0 Å². The van der Waals surface area contributed by atoms with Gasteiger partial charge in [-0.25, -0.2) is 0 Å². The number of thiophene rings is 1. The van der Waals surface area contributed by atoms with E-state index in [2.05, 4.69) is 48.1 Å². The van der Waals surface area contributed by atoms with Crippen LogP contribution in [0.15, 0.2) is 21.3 Å². The Morgan fingerprint density at radius 1 is 1.33 bits per heavy atom. The van der Waals surface area contributed by atoms with Gasteiger partial charge in [0.25, 0.3) is 0 Å². The zero-order valence-corrected chi connectivity index (χ0v) is 15.6. The van der Waals surface area contributed by atoms with Crippen molar-refractivity contribution in [3.8, 4) is 11.4 Å². The first-order valence-electron chi connectivity index (χ1n) is 8.35. The van der Waals surface area contributed by atoms with E-state index >= 15 is 0 Å². The number of hydrogen-bond acceptors (Lipinski definition) is 6. The molecule has 0 bridgehead atoms. The van der Waals surface area contributed by atoms with Crippen LogP contribution in [0.4, 0.5) is 0 Å². The molecule has 2 rings (SSSR count). The van der Waals surface area contributed by atoms with Crippen molar-refractivity contribution in [3.05, 3.63) is 22.7 Å². The molecule has 2 aromatic rings. The molecule has 0 radical (unpaired) electrons. The average Bonchev–Trinajstić information content (AvgIpc) is 3.19. The first-order chi connectivity index (χ1) is 11.5. The number of aryl methyl sites for hydroxylation is 1. The van der Waals surface area contributed by atoms with E-state index in [0.717, 1.165) is 12.1 Å². The minimum atomic E-state index is 0.0118. The van der Waals surface area contributed by atoms with E-state index in [1.807, 2.05) is 16.8 Å². The summed E-state index contributed by atoms with van der Waals surface area (Å²) in [5.41, 5.74) is 0.946. The van der Waals surface area contributed by atoms with Gasteiger partial charge in [0.05, 0.1) is 0 Å². The maximum Gasteiger partial charge on any atom is 0.227 e. The second kappa shape index (κ2) is 8.94. The van der Waals surface area contributed by atoms with E-state index in [0.29, 0.717) is 43.2 Å². The molecule has 0 unspecified atom stereocenters. The van der Waals surface area contributed by atoms with Crippen LogP contribution in [0.3, 0.4) is 0 Å². The van der Waals surface area contributed by atoms with E-state index in [1.165, 1.54) is 0 Å². The molecule has 0 saturated heterocycles. The SMILES string of the molecule is CC(C)N(CCNC(=O)CCc1nc(-c2ccsc2)no1)C(C)C. The van der Waals surface area contributed by atoms with Crippen LogP contribution < -0.4 is 5.32 Å². The number of nitrogens with one attached hydrogen (secondary N) is 1. The fourth-order valence-electron chi connectivity index (χ4n) is 2.61. The molecule has 6 nitrogen and oxygen atoms in total. The van der Waals surface area contributed by atoms with Gasteiger partial charge in [0.1, 0.15) is 0 Å². The summed E-state index contributed by atoms with van der Waals surface area (Å²) in [6, 6.07) is 2.88. The number of carbonyl (C=O) groups is 1. The van der Waals surface area contributed by atoms with Gasteiger partial charge in [-0.05, 0) is 39.1 Å². The summed E-state index contributed by atoms with van der Waals surface area (Å²) in [5.74, 6) is 1.09. The Bertz CT molecular complexity index is 614. The van der Waals surface area contributed by atoms with Gasteiger partial charge in [0.15, 0.2) is 0 Å². The smallest absolute Gasteiger partial charge is 0.227 e. The van der Waals surface area contributed by atoms with Crippen molar-refractivity contribution in [2.24, 2.45) is 0 Å². The quantitative estimate of drug-likeness (QED) is 0.753. The number of hydrogen-bond donors (Lipinski definition) is 1. The fraction of sp³-hybridized carbons (Fsp3) is 0.588. The van der Waals surface area contributed by atoms with Crippen molar-refractivity contribution in [2.75, 3.05) is 13.1 Å². The Balaban J connectivity index is 1.72. The van der Waals surface area contributed by atoms with Gasteiger partial charge < -0.3 is 9.84 Å². The average molecular weight is 350 g/mol. The number of rotatable bonds is 9. The summed E-state index contributed by atoms with van der Waals surface area (Å²) < 4.78 is 5.20. The first-order valence-corrected chi connectivity index (χ1v) is 9.29. The second-order valence-corrected chi connectivity index (χ2v) is 7.08. The van der Waals surface area contributed by atoms with E-state index in [1.54, 1.807) is 11.3 Å². The van der Waals surface area contributed by atoms with Crippen molar-refractivity contribution in [1.82, 2.24) is 20.4 Å². The van der Waals surface area contributed by atoms with Crippen LogP contribution in [0.2, 0.25) is 0 Å². The molecule has 7 heteroatoms. The van der Waals surface area contributed by atoms with Crippen molar-refractivity contribution in [1.29, 1.82) is 0 Å². The Labute approximate surface area is 147 Å². The molecular formula is C17H26N4O2S. The second-order valence-electron chi connectivity index (χ2n) is 6.30. The molecule has 0 aromatic carbocycles. The van der Waals surface area contributed by atoms with Gasteiger partial charge in [-0.3, -0.25) is 9.69 Å². The summed E-state index contributed by atoms with van der Waals surface area (Å²) in [6.45, 7) is 10.2. The predicted octanol–water partition coefficient (Wildman–Crippen LogP) is 2.97. The summed E-state index contributed by atoms with van der Waals surface area (Å²) in [5, 5.41) is 10.8. The van der Waals surface area contributed by atoms with Gasteiger partial charge in [0, 0.05) is 49.0 Å². The first kappa shape index (κ1) is 18.6. The lowest BCUT2D eigenvalue weighted by molar-refractivity contribution is -0.121. The standard InChI is InChI=1S/C17H26N4O2S/c1-12(2)21(13(3)4)9-8-18-15(22)5-6-16-19-17(20-23-16)14-7-10-24-11-14/h7,10-13H,5-6,8-9H2,1-4H3,(H,18,22). The molecule has 0 saturated carbocycles. The van der Waals surface area contributed by atoms with Crippen LogP contribution in [0.25, 0.3) is 11.4 Å². The van der Waals surface area contributed by atoms with Crippen LogP contribution in [0.5, 0.6) is 0 Å². The van der Waals surface area contributed by atoms with Crippen molar-refractivity contribution >= 4 is 17.2 Å². The normalized spacial score (nSPS) is 11.6. The zero-order chi connectivity index (χ0) is 17.5. The fourth-order valence-corrected chi connectivity index (χ4v) is 3.25. The molecule has 132 valence electrons. The predicted molar refractivity (Wildman–Crippen MR) is 95.9 cm³/mol. The van der Waals surface area contributed by atoms with Crippen molar-refractivity contribution in [3.63, 3.8) is 0 Å². The highest BCUT2D eigenvalue weighted by molar-refractivity contribution is 7.08. The molecule has 24 heavy (non-hydrogen) atoms. The molecule has 2 aromatic heterocycles. The van der Waals surface area contributed by atoms with Crippen LogP contribution in [0, 0.1) is 0 Å². The summed E-state index contributed by atoms with van der Waals surface area (Å²) in [4.78, 5) is 18.6. The third kappa shape index (κ3) is 5.42. The minimum Gasteiger partial charge on any atom is -0.355 e. The van der Waals surface area contributed by atoms with E-state index in [9.17, 15) is 4.79 Å². The molecule has 0 atom stereocenters. The summed E-state index contributed by atoms with van der Waals surface area (Å²) in [6.07, 6.45) is 0.815. The Morgan fingerprint density at radius 3 is 2.71 bits per heavy atom. The summed E-state index contributed by atoms with van der Waals surface area (Å²) >= 11 is 1.59. The third-order valence-electron chi connectivity index (χ3n) is 3.83. The molecule has 2 heterocycles. The molecular weight excluding hydrogens is 324 g/mol. The highest BCUT2D eigenvalue weighted by Gasteiger charge is 2.14. The van der Waals surface area contributed by atoms with E-state index in [-0.39, 0.29) is 5.91 Å².